The van der Waals surface area contributed by atoms with E-state index in [0.29, 0.717) is 22.0 Å². The summed E-state index contributed by atoms with van der Waals surface area (Å²) in [6.07, 6.45) is 0.900. The van der Waals surface area contributed by atoms with Crippen LogP contribution in [-0.4, -0.2) is 23.1 Å². The number of nitrogens with zero attached hydrogens (tertiary/aromatic N) is 2. The van der Waals surface area contributed by atoms with Crippen LogP contribution >= 0.6 is 22.9 Å². The number of halogens is 1. The second-order valence-corrected chi connectivity index (χ2v) is 7.24. The van der Waals surface area contributed by atoms with Gasteiger partial charge in [-0.25, -0.2) is 0 Å². The van der Waals surface area contributed by atoms with Gasteiger partial charge in [0.15, 0.2) is 4.80 Å². The summed E-state index contributed by atoms with van der Waals surface area (Å²) in [5.41, 5.74) is 2.35. The van der Waals surface area contributed by atoms with Crippen LogP contribution in [0.5, 0.6) is 0 Å². The summed E-state index contributed by atoms with van der Waals surface area (Å²) >= 11 is 7.48. The summed E-state index contributed by atoms with van der Waals surface area (Å²) in [4.78, 5) is 29.4. The summed E-state index contributed by atoms with van der Waals surface area (Å²) < 4.78 is 7.75. The van der Waals surface area contributed by atoms with Crippen LogP contribution in [0.1, 0.15) is 29.8 Å². The molecule has 0 aliphatic rings. The van der Waals surface area contributed by atoms with Crippen molar-refractivity contribution in [3.05, 3.63) is 63.4 Å². The second kappa shape index (κ2) is 8.50. The van der Waals surface area contributed by atoms with Crippen LogP contribution in [-0.2, 0) is 22.5 Å². The van der Waals surface area contributed by atoms with Gasteiger partial charge in [0.25, 0.3) is 5.91 Å². The standard InChI is InChI=1S/C20H19ClN2O3S/c1-3-13-9-10-16-17(11-13)27-20(23(16)12-18(24)26-4-2)22-19(25)14-7-5-6-8-15(14)21/h5-11H,3-4,12H2,1-2H3. The summed E-state index contributed by atoms with van der Waals surface area (Å²) in [7, 11) is 0. The van der Waals surface area contributed by atoms with Gasteiger partial charge < -0.3 is 9.30 Å². The molecular formula is C20H19ClN2O3S. The average Bonchev–Trinajstić information content (AvgIpc) is 2.98. The van der Waals surface area contributed by atoms with Crippen molar-refractivity contribution in [2.45, 2.75) is 26.8 Å². The van der Waals surface area contributed by atoms with Gasteiger partial charge in [-0.15, -0.1) is 0 Å². The van der Waals surface area contributed by atoms with E-state index in [9.17, 15) is 9.59 Å². The summed E-state index contributed by atoms with van der Waals surface area (Å²) in [6.45, 7) is 4.13. The maximum absolute atomic E-state index is 12.6. The minimum Gasteiger partial charge on any atom is -0.465 e. The highest BCUT2D eigenvalue weighted by molar-refractivity contribution is 7.16. The number of carbonyl (C=O) groups is 2. The summed E-state index contributed by atoms with van der Waals surface area (Å²) in [5.74, 6) is -0.816. The minimum atomic E-state index is -0.444. The molecule has 0 unspecified atom stereocenters. The Bertz CT molecular complexity index is 1070. The van der Waals surface area contributed by atoms with Crippen molar-refractivity contribution in [3.63, 3.8) is 0 Å². The van der Waals surface area contributed by atoms with Crippen molar-refractivity contribution in [1.29, 1.82) is 0 Å². The molecule has 1 aromatic heterocycles. The van der Waals surface area contributed by atoms with Gasteiger partial charge in [-0.05, 0) is 43.2 Å². The number of fused-ring (bicyclic) bond motifs is 1. The van der Waals surface area contributed by atoms with E-state index in [1.807, 2.05) is 12.1 Å². The lowest BCUT2D eigenvalue weighted by molar-refractivity contribution is -0.143. The minimum absolute atomic E-state index is 0.00601. The Kier molecular flexibility index (Phi) is 6.08. The molecule has 0 aliphatic carbocycles. The number of aryl methyl sites for hydroxylation is 1. The zero-order chi connectivity index (χ0) is 19.4. The quantitative estimate of drug-likeness (QED) is 0.600. The van der Waals surface area contributed by atoms with E-state index in [2.05, 4.69) is 18.0 Å². The van der Waals surface area contributed by atoms with Crippen molar-refractivity contribution in [2.24, 2.45) is 4.99 Å². The number of rotatable bonds is 5. The molecule has 0 fully saturated rings. The van der Waals surface area contributed by atoms with E-state index in [1.165, 1.54) is 16.9 Å². The lowest BCUT2D eigenvalue weighted by Crippen LogP contribution is -2.23. The normalized spacial score (nSPS) is 11.7. The van der Waals surface area contributed by atoms with E-state index in [1.54, 1.807) is 35.8 Å². The Labute approximate surface area is 165 Å². The first kappa shape index (κ1) is 19.3. The SMILES string of the molecule is CCOC(=O)Cn1c(=NC(=O)c2ccccc2Cl)sc2cc(CC)ccc21. The molecule has 7 heteroatoms. The predicted octanol–water partition coefficient (Wildman–Crippen LogP) is 4.22. The van der Waals surface area contributed by atoms with Gasteiger partial charge in [0.2, 0.25) is 0 Å². The molecule has 5 nitrogen and oxygen atoms in total. The first-order valence-electron chi connectivity index (χ1n) is 8.65. The monoisotopic (exact) mass is 402 g/mol. The summed E-state index contributed by atoms with van der Waals surface area (Å²) in [5, 5.41) is 0.345. The first-order valence-corrected chi connectivity index (χ1v) is 9.84. The third kappa shape index (κ3) is 4.28. The van der Waals surface area contributed by atoms with Gasteiger partial charge in [-0.2, -0.15) is 4.99 Å². The number of aromatic nitrogens is 1. The second-order valence-electron chi connectivity index (χ2n) is 5.83. The number of amides is 1. The zero-order valence-electron chi connectivity index (χ0n) is 15.1. The van der Waals surface area contributed by atoms with Gasteiger partial charge in [-0.3, -0.25) is 9.59 Å². The molecule has 0 aliphatic heterocycles. The number of carbonyl (C=O) groups excluding carboxylic acids is 2. The molecule has 0 bridgehead atoms. The molecule has 0 radical (unpaired) electrons. The van der Waals surface area contributed by atoms with Crippen LogP contribution in [0.25, 0.3) is 10.2 Å². The maximum Gasteiger partial charge on any atom is 0.326 e. The van der Waals surface area contributed by atoms with Crippen molar-refractivity contribution < 1.29 is 14.3 Å². The van der Waals surface area contributed by atoms with Crippen LogP contribution < -0.4 is 4.80 Å². The third-order valence-electron chi connectivity index (χ3n) is 4.05. The largest absolute Gasteiger partial charge is 0.465 e. The molecule has 1 amide bonds. The van der Waals surface area contributed by atoms with Crippen molar-refractivity contribution >= 4 is 45.0 Å². The van der Waals surface area contributed by atoms with Gasteiger partial charge in [-0.1, -0.05) is 48.1 Å². The third-order valence-corrected chi connectivity index (χ3v) is 5.42. The molecule has 0 saturated carbocycles. The molecule has 0 saturated heterocycles. The average molecular weight is 403 g/mol. The number of hydrogen-bond acceptors (Lipinski definition) is 4. The molecule has 140 valence electrons. The Morgan fingerprint density at radius 3 is 2.67 bits per heavy atom. The number of hydrogen-bond donors (Lipinski definition) is 0. The smallest absolute Gasteiger partial charge is 0.326 e. The molecule has 0 spiro atoms. The Morgan fingerprint density at radius 2 is 1.96 bits per heavy atom. The number of benzene rings is 2. The Morgan fingerprint density at radius 1 is 1.19 bits per heavy atom. The van der Waals surface area contributed by atoms with Gasteiger partial charge in [0.1, 0.15) is 6.54 Å². The van der Waals surface area contributed by atoms with Crippen LogP contribution in [0.4, 0.5) is 0 Å². The highest BCUT2D eigenvalue weighted by Gasteiger charge is 2.14. The van der Waals surface area contributed by atoms with E-state index < -0.39 is 5.91 Å². The van der Waals surface area contributed by atoms with Crippen molar-refractivity contribution in [2.75, 3.05) is 6.61 Å². The Balaban J connectivity index is 2.13. The van der Waals surface area contributed by atoms with Crippen LogP contribution in [0.3, 0.4) is 0 Å². The summed E-state index contributed by atoms with van der Waals surface area (Å²) in [6, 6.07) is 12.8. The molecule has 2 aromatic carbocycles. The number of ether oxygens (including phenoxy) is 1. The van der Waals surface area contributed by atoms with Crippen LogP contribution in [0.15, 0.2) is 47.5 Å². The molecule has 0 N–H and O–H groups in total. The molecule has 27 heavy (non-hydrogen) atoms. The highest BCUT2D eigenvalue weighted by Crippen LogP contribution is 2.21. The zero-order valence-corrected chi connectivity index (χ0v) is 16.6. The molecule has 3 rings (SSSR count). The predicted molar refractivity (Wildman–Crippen MR) is 107 cm³/mol. The fourth-order valence-corrected chi connectivity index (χ4v) is 4.00. The highest BCUT2D eigenvalue weighted by atomic mass is 35.5. The molecular weight excluding hydrogens is 384 g/mol. The van der Waals surface area contributed by atoms with E-state index in [0.717, 1.165) is 16.6 Å². The molecule has 3 aromatic rings. The van der Waals surface area contributed by atoms with Crippen LogP contribution in [0.2, 0.25) is 5.02 Å². The maximum atomic E-state index is 12.6. The topological polar surface area (TPSA) is 60.7 Å². The number of esters is 1. The van der Waals surface area contributed by atoms with E-state index in [-0.39, 0.29) is 12.5 Å². The van der Waals surface area contributed by atoms with E-state index >= 15 is 0 Å². The fraction of sp³-hybridized carbons (Fsp3) is 0.250. The lowest BCUT2D eigenvalue weighted by atomic mass is 10.2. The molecule has 0 atom stereocenters. The number of thiazole rings is 1. The first-order chi connectivity index (χ1) is 13.0. The van der Waals surface area contributed by atoms with Gasteiger partial charge >= 0.3 is 5.97 Å². The van der Waals surface area contributed by atoms with Crippen LogP contribution in [0, 0.1) is 0 Å². The molecule has 1 heterocycles. The van der Waals surface area contributed by atoms with Gasteiger partial charge in [0.05, 0.1) is 27.4 Å². The lowest BCUT2D eigenvalue weighted by Gasteiger charge is -2.05. The van der Waals surface area contributed by atoms with Crippen molar-refractivity contribution in [1.82, 2.24) is 4.57 Å². The van der Waals surface area contributed by atoms with Gasteiger partial charge in [0, 0.05) is 0 Å². The van der Waals surface area contributed by atoms with Crippen molar-refractivity contribution in [3.8, 4) is 0 Å². The Hall–Kier alpha value is -2.44. The fourth-order valence-electron chi connectivity index (χ4n) is 2.69. The van der Waals surface area contributed by atoms with E-state index in [4.69, 9.17) is 16.3 Å².